The Bertz CT molecular complexity index is 410. The van der Waals surface area contributed by atoms with Gasteiger partial charge in [0.05, 0.1) is 0 Å². The van der Waals surface area contributed by atoms with Gasteiger partial charge in [-0.15, -0.1) is 0 Å². The molecule has 0 amide bonds. The van der Waals surface area contributed by atoms with Crippen LogP contribution in [0.5, 0.6) is 0 Å². The van der Waals surface area contributed by atoms with Crippen molar-refractivity contribution in [3.63, 3.8) is 0 Å². The molecule has 0 radical (unpaired) electrons. The molecule has 0 saturated carbocycles. The lowest BCUT2D eigenvalue weighted by molar-refractivity contribution is 0.284. The maximum Gasteiger partial charge on any atom is 0.519 e. The maximum atomic E-state index is 11.3. The van der Waals surface area contributed by atoms with E-state index < -0.39 is 5.82 Å². The fourth-order valence-corrected chi connectivity index (χ4v) is 1.49. The highest BCUT2D eigenvalue weighted by Crippen LogP contribution is 2.39. The first-order valence-corrected chi connectivity index (χ1v) is 5.68. The SMILES string of the molecule is CC(c1oc(=O)oc1C(C)(C)C)C(C)(C)C. The third kappa shape index (κ3) is 2.57. The molecule has 1 atom stereocenters. The highest BCUT2D eigenvalue weighted by Gasteiger charge is 2.33. The summed E-state index contributed by atoms with van der Waals surface area (Å²) >= 11 is 0. The van der Waals surface area contributed by atoms with Crippen LogP contribution in [0.3, 0.4) is 0 Å². The predicted molar refractivity (Wildman–Crippen MR) is 63.8 cm³/mol. The molecular formula is C13H22O3. The zero-order valence-electron chi connectivity index (χ0n) is 11.3. The third-order valence-electron chi connectivity index (χ3n) is 2.98. The van der Waals surface area contributed by atoms with Gasteiger partial charge in [-0.1, -0.05) is 48.5 Å². The van der Waals surface area contributed by atoms with Crippen molar-refractivity contribution < 1.29 is 8.83 Å². The van der Waals surface area contributed by atoms with Crippen LogP contribution in [0.4, 0.5) is 0 Å². The predicted octanol–water partition coefficient (Wildman–Crippen LogP) is 3.68. The molecule has 1 rings (SSSR count). The van der Waals surface area contributed by atoms with Crippen LogP contribution in [0.2, 0.25) is 0 Å². The highest BCUT2D eigenvalue weighted by molar-refractivity contribution is 5.18. The van der Waals surface area contributed by atoms with Crippen LogP contribution in [0.25, 0.3) is 0 Å². The van der Waals surface area contributed by atoms with E-state index >= 15 is 0 Å². The fraction of sp³-hybridized carbons (Fsp3) is 0.769. The van der Waals surface area contributed by atoms with E-state index in [1.807, 2.05) is 20.8 Å². The lowest BCUT2D eigenvalue weighted by atomic mass is 9.77. The Hall–Kier alpha value is -0.990. The van der Waals surface area contributed by atoms with Gasteiger partial charge in [0.15, 0.2) is 11.5 Å². The van der Waals surface area contributed by atoms with Gasteiger partial charge in [0.2, 0.25) is 0 Å². The quantitative estimate of drug-likeness (QED) is 0.733. The lowest BCUT2D eigenvalue weighted by Crippen LogP contribution is -2.20. The molecule has 92 valence electrons. The Kier molecular flexibility index (Phi) is 3.10. The van der Waals surface area contributed by atoms with Crippen LogP contribution < -0.4 is 5.82 Å². The van der Waals surface area contributed by atoms with Crippen molar-refractivity contribution in [3.8, 4) is 0 Å². The molecule has 0 spiro atoms. The minimum absolute atomic E-state index is 0.0415. The molecule has 1 aromatic heterocycles. The summed E-state index contributed by atoms with van der Waals surface area (Å²) in [5, 5.41) is 0. The summed E-state index contributed by atoms with van der Waals surface area (Å²) < 4.78 is 10.4. The molecule has 0 aromatic carbocycles. The Labute approximate surface area is 96.8 Å². The first-order chi connectivity index (χ1) is 7.03. The van der Waals surface area contributed by atoms with Crippen LogP contribution in [0.15, 0.2) is 13.6 Å². The van der Waals surface area contributed by atoms with Gasteiger partial charge in [-0.2, -0.15) is 0 Å². The zero-order chi connectivity index (χ0) is 12.7. The Morgan fingerprint density at radius 3 is 1.88 bits per heavy atom. The van der Waals surface area contributed by atoms with Crippen LogP contribution in [0, 0.1) is 5.41 Å². The summed E-state index contributed by atoms with van der Waals surface area (Å²) in [5.74, 6) is 0.897. The summed E-state index contributed by atoms with van der Waals surface area (Å²) in [4.78, 5) is 11.3. The van der Waals surface area contributed by atoms with E-state index in [-0.39, 0.29) is 16.7 Å². The minimum atomic E-state index is -0.601. The van der Waals surface area contributed by atoms with Crippen molar-refractivity contribution in [2.45, 2.75) is 59.8 Å². The normalized spacial score (nSPS) is 15.2. The molecule has 3 nitrogen and oxygen atoms in total. The van der Waals surface area contributed by atoms with Gasteiger partial charge >= 0.3 is 5.82 Å². The molecule has 0 aliphatic rings. The average Bonchev–Trinajstić information content (AvgIpc) is 2.43. The minimum Gasteiger partial charge on any atom is -0.395 e. The molecule has 0 fully saturated rings. The number of hydrogen-bond donors (Lipinski definition) is 0. The second-order valence-electron chi connectivity index (χ2n) is 6.49. The van der Waals surface area contributed by atoms with Gasteiger partial charge in [0.25, 0.3) is 0 Å². The van der Waals surface area contributed by atoms with Crippen molar-refractivity contribution in [2.24, 2.45) is 5.41 Å². The van der Waals surface area contributed by atoms with Gasteiger partial charge in [-0.25, -0.2) is 4.79 Å². The molecule has 0 bridgehead atoms. The maximum absolute atomic E-state index is 11.3. The van der Waals surface area contributed by atoms with Gasteiger partial charge in [0, 0.05) is 11.3 Å². The molecule has 0 aliphatic heterocycles. The van der Waals surface area contributed by atoms with E-state index in [1.54, 1.807) is 0 Å². The topological polar surface area (TPSA) is 43.4 Å². The van der Waals surface area contributed by atoms with E-state index in [0.717, 1.165) is 0 Å². The van der Waals surface area contributed by atoms with E-state index in [0.29, 0.717) is 11.5 Å². The van der Waals surface area contributed by atoms with Crippen molar-refractivity contribution in [1.82, 2.24) is 0 Å². The number of rotatable bonds is 1. The molecule has 3 heteroatoms. The van der Waals surface area contributed by atoms with Gasteiger partial charge in [-0.05, 0) is 5.41 Å². The van der Waals surface area contributed by atoms with Crippen LogP contribution in [-0.2, 0) is 5.41 Å². The second-order valence-corrected chi connectivity index (χ2v) is 6.49. The Morgan fingerprint density at radius 2 is 1.50 bits per heavy atom. The summed E-state index contributed by atoms with van der Waals surface area (Å²) in [5.41, 5.74) is -0.166. The molecular weight excluding hydrogens is 204 g/mol. The summed E-state index contributed by atoms with van der Waals surface area (Å²) in [6.45, 7) is 14.5. The summed E-state index contributed by atoms with van der Waals surface area (Å²) in [6.07, 6.45) is 0. The smallest absolute Gasteiger partial charge is 0.395 e. The largest absolute Gasteiger partial charge is 0.519 e. The first kappa shape index (κ1) is 13.1. The molecule has 0 N–H and O–H groups in total. The molecule has 1 heterocycles. The first-order valence-electron chi connectivity index (χ1n) is 5.68. The second kappa shape index (κ2) is 3.79. The van der Waals surface area contributed by atoms with E-state index in [4.69, 9.17) is 8.83 Å². The molecule has 0 saturated heterocycles. The van der Waals surface area contributed by atoms with Gasteiger partial charge in [0.1, 0.15) is 0 Å². The average molecular weight is 226 g/mol. The summed E-state index contributed by atoms with van der Waals surface area (Å²) in [6, 6.07) is 0. The Balaban J connectivity index is 3.30. The van der Waals surface area contributed by atoms with E-state index in [1.165, 1.54) is 0 Å². The van der Waals surface area contributed by atoms with Crippen LogP contribution in [-0.4, -0.2) is 0 Å². The molecule has 1 aromatic rings. The molecule has 0 aliphatic carbocycles. The van der Waals surface area contributed by atoms with Gasteiger partial charge < -0.3 is 8.83 Å². The zero-order valence-corrected chi connectivity index (χ0v) is 11.3. The third-order valence-corrected chi connectivity index (χ3v) is 2.98. The standard InChI is InChI=1S/C13H22O3/c1-8(12(2,3)4)9-10(13(5,6)7)16-11(14)15-9/h8H,1-7H3. The highest BCUT2D eigenvalue weighted by atomic mass is 16.6. The molecule has 16 heavy (non-hydrogen) atoms. The fourth-order valence-electron chi connectivity index (χ4n) is 1.49. The number of hydrogen-bond acceptors (Lipinski definition) is 3. The van der Waals surface area contributed by atoms with Gasteiger partial charge in [-0.3, -0.25) is 0 Å². The molecule has 1 unspecified atom stereocenters. The van der Waals surface area contributed by atoms with Crippen molar-refractivity contribution in [2.75, 3.05) is 0 Å². The van der Waals surface area contributed by atoms with Crippen molar-refractivity contribution >= 4 is 0 Å². The summed E-state index contributed by atoms with van der Waals surface area (Å²) in [7, 11) is 0. The van der Waals surface area contributed by atoms with Crippen LogP contribution >= 0.6 is 0 Å². The van der Waals surface area contributed by atoms with Crippen molar-refractivity contribution in [3.05, 3.63) is 22.1 Å². The lowest BCUT2D eigenvalue weighted by Gasteiger charge is -2.27. The Morgan fingerprint density at radius 1 is 1.00 bits per heavy atom. The van der Waals surface area contributed by atoms with Crippen molar-refractivity contribution in [1.29, 1.82) is 0 Å². The monoisotopic (exact) mass is 226 g/mol. The van der Waals surface area contributed by atoms with Crippen LogP contribution in [0.1, 0.15) is 65.9 Å². The van der Waals surface area contributed by atoms with E-state index in [2.05, 4.69) is 27.7 Å². The van der Waals surface area contributed by atoms with E-state index in [9.17, 15) is 4.79 Å².